The van der Waals surface area contributed by atoms with Crippen molar-refractivity contribution in [3.05, 3.63) is 11.4 Å². The second kappa shape index (κ2) is 7.67. The molecule has 4 N–H and O–H groups in total. The summed E-state index contributed by atoms with van der Waals surface area (Å²) in [5.41, 5.74) is 11.1. The van der Waals surface area contributed by atoms with Crippen LogP contribution in [0, 0.1) is 5.41 Å². The lowest BCUT2D eigenvalue weighted by atomic mass is 9.51. The molecule has 32 heavy (non-hydrogen) atoms. The Hall–Kier alpha value is -2.78. The molecular weight excluding hydrogens is 412 g/mol. The Morgan fingerprint density at radius 2 is 1.62 bits per heavy atom. The van der Waals surface area contributed by atoms with Gasteiger partial charge < -0.3 is 21.3 Å². The van der Waals surface area contributed by atoms with E-state index in [1.807, 2.05) is 25.9 Å². The Balaban J connectivity index is 1.47. The van der Waals surface area contributed by atoms with E-state index in [0.717, 1.165) is 43.5 Å². The van der Waals surface area contributed by atoms with Crippen molar-refractivity contribution in [1.82, 2.24) is 19.6 Å². The van der Waals surface area contributed by atoms with Crippen molar-refractivity contribution in [2.75, 3.05) is 27.2 Å². The first-order valence-electron chi connectivity index (χ1n) is 11.5. The molecule has 0 radical (unpaired) electrons. The molecule has 2 heterocycles. The first-order valence-corrected chi connectivity index (χ1v) is 11.5. The minimum atomic E-state index is -0.698. The highest BCUT2D eigenvalue weighted by atomic mass is 16.2. The van der Waals surface area contributed by atoms with Gasteiger partial charge in [0.05, 0.1) is 5.54 Å². The van der Waals surface area contributed by atoms with Gasteiger partial charge in [-0.2, -0.15) is 0 Å². The molecule has 2 aliphatic heterocycles. The van der Waals surface area contributed by atoms with Crippen LogP contribution < -0.4 is 11.5 Å². The van der Waals surface area contributed by atoms with Crippen molar-refractivity contribution < 1.29 is 19.2 Å². The number of rotatable bonds is 4. The van der Waals surface area contributed by atoms with E-state index in [2.05, 4.69) is 0 Å². The van der Waals surface area contributed by atoms with Gasteiger partial charge in [0.15, 0.2) is 0 Å². The summed E-state index contributed by atoms with van der Waals surface area (Å²) in [5.74, 6) is -1.72. The zero-order chi connectivity index (χ0) is 23.4. The molecule has 10 nitrogen and oxygen atoms in total. The number of hydrogen-bond acceptors (Lipinski definition) is 6. The van der Waals surface area contributed by atoms with Crippen molar-refractivity contribution in [2.45, 2.75) is 69.9 Å². The van der Waals surface area contributed by atoms with E-state index < -0.39 is 17.8 Å². The minimum Gasteiger partial charge on any atom is -0.385 e. The van der Waals surface area contributed by atoms with Crippen LogP contribution in [0.2, 0.25) is 0 Å². The third-order valence-corrected chi connectivity index (χ3v) is 8.00. The molecular formula is C22H34N6O4. The molecule has 0 bridgehead atoms. The molecule has 0 unspecified atom stereocenters. The Bertz CT molecular complexity index is 879. The summed E-state index contributed by atoms with van der Waals surface area (Å²) in [7, 11) is 3.71. The fraction of sp³-hybridized carbons (Fsp3) is 0.727. The number of carbonyl (C=O) groups is 4. The first kappa shape index (κ1) is 22.4. The summed E-state index contributed by atoms with van der Waals surface area (Å²) in [4.78, 5) is 57.1. The number of imide groups is 2. The lowest BCUT2D eigenvalue weighted by Crippen LogP contribution is -2.64. The third kappa shape index (κ3) is 3.22. The summed E-state index contributed by atoms with van der Waals surface area (Å²) in [6.45, 7) is 2.95. The maximum Gasteiger partial charge on any atom is 0.334 e. The van der Waals surface area contributed by atoms with Gasteiger partial charge in [0.25, 0.3) is 11.8 Å². The standard InChI is InChI=1S/C22H34N6O4/c1-4-5-10-27-17(29)15(16(23)24)18(30)28(20(27)32)14-6-8-21(9-7-14)11-22(12-21)13-25(2)19(31)26(22)3/h14H,4-13,23-24H2,1-3H3. The third-order valence-electron chi connectivity index (χ3n) is 8.00. The number of hydrogen-bond donors (Lipinski definition) is 2. The van der Waals surface area contributed by atoms with Crippen LogP contribution in [0.15, 0.2) is 11.4 Å². The fourth-order valence-electron chi connectivity index (χ4n) is 6.33. The Kier molecular flexibility index (Phi) is 5.37. The second-order valence-electron chi connectivity index (χ2n) is 10.1. The van der Waals surface area contributed by atoms with Crippen LogP contribution in [0.4, 0.5) is 9.59 Å². The van der Waals surface area contributed by atoms with Gasteiger partial charge in [0, 0.05) is 33.2 Å². The van der Waals surface area contributed by atoms with Gasteiger partial charge in [-0.25, -0.2) is 9.59 Å². The average Bonchev–Trinajstić information content (AvgIpc) is 2.92. The first-order chi connectivity index (χ1) is 15.1. The number of nitrogens with zero attached hydrogens (tertiary/aromatic N) is 4. The highest BCUT2D eigenvalue weighted by Gasteiger charge is 2.62. The van der Waals surface area contributed by atoms with E-state index in [1.54, 1.807) is 4.90 Å². The highest BCUT2D eigenvalue weighted by Crippen LogP contribution is 2.60. The van der Waals surface area contributed by atoms with Crippen molar-refractivity contribution in [3.8, 4) is 0 Å². The lowest BCUT2D eigenvalue weighted by Gasteiger charge is -2.59. The average molecular weight is 447 g/mol. The topological polar surface area (TPSA) is 133 Å². The van der Waals surface area contributed by atoms with E-state index in [-0.39, 0.29) is 41.0 Å². The molecule has 2 saturated carbocycles. The van der Waals surface area contributed by atoms with Crippen LogP contribution in [-0.2, 0) is 9.59 Å². The number of urea groups is 2. The van der Waals surface area contributed by atoms with E-state index in [0.29, 0.717) is 19.3 Å². The van der Waals surface area contributed by atoms with E-state index in [4.69, 9.17) is 11.5 Å². The molecule has 0 aromatic carbocycles. The molecule has 2 aliphatic carbocycles. The van der Waals surface area contributed by atoms with Gasteiger partial charge in [-0.1, -0.05) is 13.3 Å². The molecule has 2 saturated heterocycles. The van der Waals surface area contributed by atoms with Gasteiger partial charge in [-0.3, -0.25) is 19.4 Å². The number of likely N-dealkylation sites (N-methyl/N-ethyl adjacent to an activating group) is 2. The van der Waals surface area contributed by atoms with Crippen LogP contribution in [0.1, 0.15) is 58.3 Å². The van der Waals surface area contributed by atoms with Crippen LogP contribution in [0.3, 0.4) is 0 Å². The summed E-state index contributed by atoms with van der Waals surface area (Å²) in [6, 6.07) is -0.782. The molecule has 6 amide bonds. The normalized spacial score (nSPS) is 33.1. The smallest absolute Gasteiger partial charge is 0.334 e. The SMILES string of the molecule is CCCCN1C(=O)C(=C(N)N)C(=O)N(C2CCC3(CC2)CC2(CN(C)C(=O)N2C)C3)C1=O. The number of barbiturate groups is 1. The van der Waals surface area contributed by atoms with Gasteiger partial charge in [-0.15, -0.1) is 0 Å². The molecule has 4 aliphatic rings. The summed E-state index contributed by atoms with van der Waals surface area (Å²) >= 11 is 0. The van der Waals surface area contributed by atoms with E-state index >= 15 is 0 Å². The zero-order valence-electron chi connectivity index (χ0n) is 19.2. The summed E-state index contributed by atoms with van der Waals surface area (Å²) < 4.78 is 0. The lowest BCUT2D eigenvalue weighted by molar-refractivity contribution is -0.139. The van der Waals surface area contributed by atoms with Crippen LogP contribution in [0.5, 0.6) is 0 Å². The number of amides is 6. The molecule has 176 valence electrons. The van der Waals surface area contributed by atoms with Crippen molar-refractivity contribution in [1.29, 1.82) is 0 Å². The molecule has 0 aromatic heterocycles. The Morgan fingerprint density at radius 1 is 1.00 bits per heavy atom. The summed E-state index contributed by atoms with van der Waals surface area (Å²) in [6.07, 6.45) is 6.45. The Morgan fingerprint density at radius 3 is 2.12 bits per heavy atom. The largest absolute Gasteiger partial charge is 0.385 e. The molecule has 4 rings (SSSR count). The van der Waals surface area contributed by atoms with E-state index in [9.17, 15) is 19.2 Å². The van der Waals surface area contributed by atoms with Crippen LogP contribution in [-0.4, -0.2) is 82.2 Å². The molecule has 0 aromatic rings. The van der Waals surface area contributed by atoms with Gasteiger partial charge >= 0.3 is 12.1 Å². The van der Waals surface area contributed by atoms with E-state index in [1.165, 1.54) is 4.90 Å². The minimum absolute atomic E-state index is 0.0635. The zero-order valence-corrected chi connectivity index (χ0v) is 19.2. The molecule has 4 fully saturated rings. The predicted octanol–water partition coefficient (Wildman–Crippen LogP) is 1.17. The van der Waals surface area contributed by atoms with Gasteiger partial charge in [0.1, 0.15) is 11.4 Å². The van der Waals surface area contributed by atoms with Crippen molar-refractivity contribution in [3.63, 3.8) is 0 Å². The van der Waals surface area contributed by atoms with Gasteiger partial charge in [-0.05, 0) is 50.4 Å². The quantitative estimate of drug-likeness (QED) is 0.492. The number of nitrogens with two attached hydrogens (primary N) is 2. The molecule has 10 heteroatoms. The predicted molar refractivity (Wildman–Crippen MR) is 117 cm³/mol. The summed E-state index contributed by atoms with van der Waals surface area (Å²) in [5, 5.41) is 0. The fourth-order valence-corrected chi connectivity index (χ4v) is 6.33. The number of unbranched alkanes of at least 4 members (excludes halogenated alkanes) is 1. The van der Waals surface area contributed by atoms with Crippen molar-refractivity contribution >= 4 is 23.9 Å². The molecule has 2 spiro atoms. The second-order valence-corrected chi connectivity index (χ2v) is 10.1. The van der Waals surface area contributed by atoms with Crippen LogP contribution in [0.25, 0.3) is 0 Å². The molecule has 0 atom stereocenters. The highest BCUT2D eigenvalue weighted by molar-refractivity contribution is 6.29. The monoisotopic (exact) mass is 446 g/mol. The number of carbonyl (C=O) groups excluding carboxylic acids is 4. The Labute approximate surface area is 188 Å². The van der Waals surface area contributed by atoms with Crippen molar-refractivity contribution in [2.24, 2.45) is 16.9 Å². The van der Waals surface area contributed by atoms with Gasteiger partial charge in [0.2, 0.25) is 0 Å². The maximum absolute atomic E-state index is 13.1. The maximum atomic E-state index is 13.1. The van der Waals surface area contributed by atoms with Crippen LogP contribution >= 0.6 is 0 Å².